The number of nitrogens with one attached hydrogen (secondary N) is 2. The molecule has 3 aromatic rings. The van der Waals surface area contributed by atoms with Crippen LogP contribution >= 0.6 is 0 Å². The summed E-state index contributed by atoms with van der Waals surface area (Å²) in [7, 11) is 0. The van der Waals surface area contributed by atoms with Crippen LogP contribution in [0.2, 0.25) is 0 Å². The number of aromatic nitrogens is 2. The summed E-state index contributed by atoms with van der Waals surface area (Å²) >= 11 is 0. The van der Waals surface area contributed by atoms with Crippen LogP contribution in [-0.2, 0) is 0 Å². The van der Waals surface area contributed by atoms with Gasteiger partial charge in [-0.25, -0.2) is 14.8 Å². The van der Waals surface area contributed by atoms with Gasteiger partial charge >= 0.3 is 6.03 Å². The van der Waals surface area contributed by atoms with Gasteiger partial charge in [-0.3, -0.25) is 10.2 Å². The topological polar surface area (TPSA) is 91.8 Å². The third-order valence-electron chi connectivity index (χ3n) is 6.97. The second kappa shape index (κ2) is 8.20. The number of urea groups is 1. The molecule has 0 radical (unpaired) electrons. The van der Waals surface area contributed by atoms with Crippen LogP contribution in [0.15, 0.2) is 59.4 Å². The minimum Gasteiger partial charge on any atom is -0.486 e. The number of amidine groups is 1. The highest BCUT2D eigenvalue weighted by atomic mass is 16.6. The molecule has 3 atom stereocenters. The summed E-state index contributed by atoms with van der Waals surface area (Å²) in [4.78, 5) is 27.6. The second-order valence-corrected chi connectivity index (χ2v) is 9.25. The van der Waals surface area contributed by atoms with Crippen molar-refractivity contribution in [2.45, 2.75) is 32.7 Å². The van der Waals surface area contributed by atoms with Gasteiger partial charge in [-0.2, -0.15) is 0 Å². The second-order valence-electron chi connectivity index (χ2n) is 9.25. The molecule has 2 N–H and O–H groups in total. The molecule has 2 aliphatic heterocycles. The van der Waals surface area contributed by atoms with E-state index in [1.165, 1.54) is 5.57 Å². The Morgan fingerprint density at radius 3 is 2.82 bits per heavy atom. The summed E-state index contributed by atoms with van der Waals surface area (Å²) in [6, 6.07) is 11.2. The van der Waals surface area contributed by atoms with Crippen LogP contribution in [0.25, 0.3) is 11.0 Å². The third kappa shape index (κ3) is 3.59. The van der Waals surface area contributed by atoms with Crippen LogP contribution in [0.1, 0.15) is 26.7 Å². The zero-order chi connectivity index (χ0) is 23.2. The number of fused-ring (bicyclic) bond motifs is 2. The van der Waals surface area contributed by atoms with E-state index in [4.69, 9.17) is 14.5 Å². The van der Waals surface area contributed by atoms with E-state index in [1.807, 2.05) is 41.3 Å². The van der Waals surface area contributed by atoms with E-state index < -0.39 is 0 Å². The number of nitrogens with zero attached hydrogens (tertiary/aromatic N) is 3. The molecule has 0 bridgehead atoms. The zero-order valence-corrected chi connectivity index (χ0v) is 19.2. The Labute approximate surface area is 197 Å². The van der Waals surface area contributed by atoms with Crippen LogP contribution in [0.5, 0.6) is 11.5 Å². The highest BCUT2D eigenvalue weighted by Gasteiger charge is 2.44. The Kier molecular flexibility index (Phi) is 5.01. The minimum atomic E-state index is -0.212. The summed E-state index contributed by atoms with van der Waals surface area (Å²) in [5.74, 6) is 2.60. The Bertz CT molecular complexity index is 1330. The fourth-order valence-corrected chi connectivity index (χ4v) is 5.33. The van der Waals surface area contributed by atoms with Crippen molar-refractivity contribution in [1.82, 2.24) is 15.3 Å². The van der Waals surface area contributed by atoms with Gasteiger partial charge in [-0.05, 0) is 61.9 Å². The first-order valence-corrected chi connectivity index (χ1v) is 11.8. The van der Waals surface area contributed by atoms with Gasteiger partial charge < -0.3 is 14.5 Å². The highest BCUT2D eigenvalue weighted by molar-refractivity contribution is 6.17. The molecule has 8 nitrogen and oxygen atoms in total. The van der Waals surface area contributed by atoms with Gasteiger partial charge in [0, 0.05) is 11.8 Å². The maximum Gasteiger partial charge on any atom is 0.327 e. The largest absolute Gasteiger partial charge is 0.486 e. The van der Waals surface area contributed by atoms with Crippen molar-refractivity contribution in [3.63, 3.8) is 0 Å². The average Bonchev–Trinajstić information content (AvgIpc) is 3.42. The lowest BCUT2D eigenvalue weighted by atomic mass is 9.77. The van der Waals surface area contributed by atoms with Crippen LogP contribution in [0.3, 0.4) is 0 Å². The van der Waals surface area contributed by atoms with Crippen molar-refractivity contribution in [2.24, 2.45) is 16.8 Å². The summed E-state index contributed by atoms with van der Waals surface area (Å²) < 4.78 is 11.4. The Hall–Kier alpha value is -3.81. The molecule has 3 heterocycles. The molecule has 1 fully saturated rings. The summed E-state index contributed by atoms with van der Waals surface area (Å²) in [6.07, 6.45) is 6.00. The van der Waals surface area contributed by atoms with E-state index in [-0.39, 0.29) is 18.0 Å². The lowest BCUT2D eigenvalue weighted by Gasteiger charge is -2.35. The van der Waals surface area contributed by atoms with Gasteiger partial charge in [-0.1, -0.05) is 18.6 Å². The Morgan fingerprint density at radius 1 is 1.12 bits per heavy atom. The molecule has 2 amide bonds. The van der Waals surface area contributed by atoms with E-state index in [0.29, 0.717) is 30.7 Å². The van der Waals surface area contributed by atoms with E-state index in [9.17, 15) is 4.79 Å². The summed E-state index contributed by atoms with van der Waals surface area (Å²) in [5, 5.41) is 3.07. The SMILES string of the molecule is CC1=CC(C)C(C2/C(=N/c3ccc4c(c3)OCCO4)NC(=O)N2c2ccc3[nH]cnc3c2)CC1. The first-order valence-electron chi connectivity index (χ1n) is 11.8. The smallest absolute Gasteiger partial charge is 0.327 e. The van der Waals surface area contributed by atoms with Crippen molar-refractivity contribution in [3.8, 4) is 11.5 Å². The highest BCUT2D eigenvalue weighted by Crippen LogP contribution is 2.39. The molecule has 174 valence electrons. The van der Waals surface area contributed by atoms with Crippen molar-refractivity contribution >= 4 is 34.3 Å². The molecule has 0 spiro atoms. The molecule has 3 aliphatic rings. The number of carbonyl (C=O) groups is 1. The molecule has 34 heavy (non-hydrogen) atoms. The van der Waals surface area contributed by atoms with E-state index >= 15 is 0 Å². The molecular weight excluding hydrogens is 430 g/mol. The van der Waals surface area contributed by atoms with Crippen LogP contribution < -0.4 is 19.7 Å². The number of carbonyl (C=O) groups excluding carboxylic acids is 1. The number of benzene rings is 2. The first-order chi connectivity index (χ1) is 16.6. The third-order valence-corrected chi connectivity index (χ3v) is 6.97. The number of aromatic amines is 1. The van der Waals surface area contributed by atoms with Gasteiger partial charge in [0.15, 0.2) is 11.5 Å². The van der Waals surface area contributed by atoms with E-state index in [0.717, 1.165) is 41.0 Å². The summed E-state index contributed by atoms with van der Waals surface area (Å²) in [6.45, 7) is 5.47. The van der Waals surface area contributed by atoms with Gasteiger partial charge in [0.25, 0.3) is 0 Å². The van der Waals surface area contributed by atoms with Gasteiger partial charge in [0.2, 0.25) is 0 Å². The van der Waals surface area contributed by atoms with E-state index in [1.54, 1.807) is 6.33 Å². The van der Waals surface area contributed by atoms with Gasteiger partial charge in [0.1, 0.15) is 19.0 Å². The van der Waals surface area contributed by atoms with Crippen molar-refractivity contribution in [2.75, 3.05) is 18.1 Å². The number of ether oxygens (including phenoxy) is 2. The van der Waals surface area contributed by atoms with Crippen LogP contribution in [0, 0.1) is 11.8 Å². The maximum atomic E-state index is 13.4. The molecule has 2 aromatic carbocycles. The number of allylic oxidation sites excluding steroid dienone is 2. The Balaban J connectivity index is 1.43. The summed E-state index contributed by atoms with van der Waals surface area (Å²) in [5.41, 5.74) is 4.71. The average molecular weight is 458 g/mol. The number of H-pyrrole nitrogens is 1. The quantitative estimate of drug-likeness (QED) is 0.544. The minimum absolute atomic E-state index is 0.172. The van der Waals surface area contributed by atoms with E-state index in [2.05, 4.69) is 35.2 Å². The van der Waals surface area contributed by atoms with Crippen LogP contribution in [-0.4, -0.2) is 41.1 Å². The first kappa shape index (κ1) is 20.8. The molecule has 6 rings (SSSR count). The van der Waals surface area contributed by atoms with Crippen molar-refractivity contribution < 1.29 is 14.3 Å². The van der Waals surface area contributed by atoms with Crippen molar-refractivity contribution in [1.29, 1.82) is 0 Å². The number of imidazole rings is 1. The molecule has 0 saturated carbocycles. The lowest BCUT2D eigenvalue weighted by molar-refractivity contribution is 0.171. The molecule has 3 unspecified atom stereocenters. The number of amides is 2. The monoisotopic (exact) mass is 457 g/mol. The van der Waals surface area contributed by atoms with Gasteiger partial charge in [0.05, 0.1) is 29.1 Å². The normalized spacial score (nSPS) is 25.5. The fraction of sp³-hybridized carbons (Fsp3) is 0.346. The fourth-order valence-electron chi connectivity index (χ4n) is 5.33. The number of hydrogen-bond acceptors (Lipinski definition) is 5. The van der Waals surface area contributed by atoms with Crippen molar-refractivity contribution in [3.05, 3.63) is 54.4 Å². The lowest BCUT2D eigenvalue weighted by Crippen LogP contribution is -2.44. The number of anilines is 1. The Morgan fingerprint density at radius 2 is 1.97 bits per heavy atom. The number of hydrogen-bond donors (Lipinski definition) is 2. The van der Waals surface area contributed by atoms with Crippen LogP contribution in [0.4, 0.5) is 16.2 Å². The zero-order valence-electron chi connectivity index (χ0n) is 19.2. The van der Waals surface area contributed by atoms with Gasteiger partial charge in [-0.15, -0.1) is 0 Å². The molecular formula is C26H27N5O3. The number of rotatable bonds is 3. The predicted octanol–water partition coefficient (Wildman–Crippen LogP) is 4.95. The molecule has 8 heteroatoms. The molecule has 1 aromatic heterocycles. The number of aliphatic imine (C=N–C) groups is 1. The maximum absolute atomic E-state index is 13.4. The predicted molar refractivity (Wildman–Crippen MR) is 131 cm³/mol. The standard InChI is InChI=1S/C26H27N5O3/c1-15-3-6-19(16(2)11-15)24-25(29-17-4-8-22-23(12-17)34-10-9-33-22)30-26(32)31(24)18-5-7-20-21(13-18)28-14-27-20/h4-5,7-8,11-14,16,19,24H,3,6,9-10H2,1-2H3,(H,27,28)(H,29,30,32). The molecule has 1 saturated heterocycles. The molecule has 1 aliphatic carbocycles.